The highest BCUT2D eigenvalue weighted by Gasteiger charge is 2.29. The largest absolute Gasteiger partial charge is 0.372 e. The van der Waals surface area contributed by atoms with Crippen LogP contribution in [-0.4, -0.2) is 25.2 Å². The van der Waals surface area contributed by atoms with Gasteiger partial charge in [0.05, 0.1) is 0 Å². The summed E-state index contributed by atoms with van der Waals surface area (Å²) < 4.78 is 4.99. The summed E-state index contributed by atoms with van der Waals surface area (Å²) in [6.07, 6.45) is 4.31. The second kappa shape index (κ2) is 4.97. The molecule has 0 bridgehead atoms. The fourth-order valence-electron chi connectivity index (χ4n) is 2.25. The SMILES string of the molecule is COC(C)C(=O)NC1CCCC(C)(C)C1. The standard InChI is InChI=1S/C12H23NO2/c1-9(15-4)11(14)13-10-6-5-7-12(2,3)8-10/h9-10H,5-8H2,1-4H3,(H,13,14). The van der Waals surface area contributed by atoms with E-state index in [-0.39, 0.29) is 12.0 Å². The number of rotatable bonds is 3. The molecule has 1 aliphatic carbocycles. The first kappa shape index (κ1) is 12.5. The Morgan fingerprint density at radius 1 is 1.53 bits per heavy atom. The van der Waals surface area contributed by atoms with Gasteiger partial charge in [-0.1, -0.05) is 20.3 Å². The van der Waals surface area contributed by atoms with Crippen LogP contribution in [-0.2, 0) is 9.53 Å². The van der Waals surface area contributed by atoms with E-state index in [4.69, 9.17) is 4.74 Å². The van der Waals surface area contributed by atoms with Crippen LogP contribution in [0.2, 0.25) is 0 Å². The second-order valence-electron chi connectivity index (χ2n) is 5.34. The van der Waals surface area contributed by atoms with Gasteiger partial charge in [0.1, 0.15) is 6.10 Å². The minimum absolute atomic E-state index is 0.0141. The quantitative estimate of drug-likeness (QED) is 0.779. The van der Waals surface area contributed by atoms with E-state index < -0.39 is 0 Å². The lowest BCUT2D eigenvalue weighted by molar-refractivity contribution is -0.131. The monoisotopic (exact) mass is 213 g/mol. The molecule has 0 aromatic rings. The molecule has 0 radical (unpaired) electrons. The number of carbonyl (C=O) groups is 1. The molecular weight excluding hydrogens is 190 g/mol. The lowest BCUT2D eigenvalue weighted by Gasteiger charge is -2.35. The summed E-state index contributed by atoms with van der Waals surface area (Å²) in [5.74, 6) is 0.0141. The third-order valence-corrected chi connectivity index (χ3v) is 3.27. The van der Waals surface area contributed by atoms with Gasteiger partial charge in [0.15, 0.2) is 0 Å². The zero-order valence-corrected chi connectivity index (χ0v) is 10.3. The normalized spacial score (nSPS) is 27.1. The van der Waals surface area contributed by atoms with E-state index in [0.29, 0.717) is 11.5 Å². The fourth-order valence-corrected chi connectivity index (χ4v) is 2.25. The summed E-state index contributed by atoms with van der Waals surface area (Å²) in [6, 6.07) is 0.332. The van der Waals surface area contributed by atoms with E-state index in [1.165, 1.54) is 12.8 Å². The Labute approximate surface area is 92.6 Å². The minimum Gasteiger partial charge on any atom is -0.372 e. The van der Waals surface area contributed by atoms with Crippen molar-refractivity contribution in [2.45, 2.75) is 58.6 Å². The van der Waals surface area contributed by atoms with Gasteiger partial charge in [-0.2, -0.15) is 0 Å². The van der Waals surface area contributed by atoms with E-state index in [1.54, 1.807) is 14.0 Å². The molecule has 88 valence electrons. The second-order valence-corrected chi connectivity index (χ2v) is 5.34. The molecule has 3 heteroatoms. The van der Waals surface area contributed by atoms with E-state index in [0.717, 1.165) is 12.8 Å². The first-order valence-electron chi connectivity index (χ1n) is 5.78. The van der Waals surface area contributed by atoms with E-state index in [1.807, 2.05) is 0 Å². The molecule has 2 unspecified atom stereocenters. The highest BCUT2D eigenvalue weighted by Crippen LogP contribution is 2.35. The smallest absolute Gasteiger partial charge is 0.249 e. The van der Waals surface area contributed by atoms with Crippen molar-refractivity contribution < 1.29 is 9.53 Å². The fraction of sp³-hybridized carbons (Fsp3) is 0.917. The van der Waals surface area contributed by atoms with Crippen LogP contribution in [0.1, 0.15) is 46.5 Å². The van der Waals surface area contributed by atoms with Crippen LogP contribution in [0.15, 0.2) is 0 Å². The van der Waals surface area contributed by atoms with Crippen LogP contribution in [0.3, 0.4) is 0 Å². The van der Waals surface area contributed by atoms with Crippen LogP contribution in [0.4, 0.5) is 0 Å². The maximum atomic E-state index is 11.6. The molecule has 1 aliphatic rings. The van der Waals surface area contributed by atoms with Crippen molar-refractivity contribution >= 4 is 5.91 Å². The van der Waals surface area contributed by atoms with E-state index >= 15 is 0 Å². The Kier molecular flexibility index (Phi) is 4.14. The Morgan fingerprint density at radius 3 is 2.73 bits per heavy atom. The summed E-state index contributed by atoms with van der Waals surface area (Å²) in [5, 5.41) is 3.06. The van der Waals surface area contributed by atoms with Gasteiger partial charge in [0.25, 0.3) is 0 Å². The number of nitrogens with one attached hydrogen (secondary N) is 1. The first-order chi connectivity index (χ1) is 6.94. The molecule has 2 atom stereocenters. The van der Waals surface area contributed by atoms with E-state index in [9.17, 15) is 4.79 Å². The van der Waals surface area contributed by atoms with Gasteiger partial charge in [0, 0.05) is 13.2 Å². The highest BCUT2D eigenvalue weighted by molar-refractivity contribution is 5.80. The summed E-state index contributed by atoms with van der Waals surface area (Å²) in [6.45, 7) is 6.32. The number of ether oxygens (including phenoxy) is 1. The average molecular weight is 213 g/mol. The van der Waals surface area contributed by atoms with Gasteiger partial charge in [0.2, 0.25) is 5.91 Å². The van der Waals surface area contributed by atoms with Crippen molar-refractivity contribution in [3.05, 3.63) is 0 Å². The zero-order valence-electron chi connectivity index (χ0n) is 10.3. The minimum atomic E-state index is -0.338. The summed E-state index contributed by atoms with van der Waals surface area (Å²) in [4.78, 5) is 11.6. The third kappa shape index (κ3) is 3.82. The van der Waals surface area contributed by atoms with Gasteiger partial charge < -0.3 is 10.1 Å². The lowest BCUT2D eigenvalue weighted by atomic mass is 9.75. The van der Waals surface area contributed by atoms with Gasteiger partial charge in [-0.25, -0.2) is 0 Å². The molecule has 0 aliphatic heterocycles. The molecule has 1 saturated carbocycles. The Morgan fingerprint density at radius 2 is 2.20 bits per heavy atom. The number of hydrogen-bond donors (Lipinski definition) is 1. The molecule has 1 fully saturated rings. The molecule has 1 amide bonds. The van der Waals surface area contributed by atoms with Crippen LogP contribution in [0, 0.1) is 5.41 Å². The molecule has 0 aromatic heterocycles. The Bertz CT molecular complexity index is 226. The van der Waals surface area contributed by atoms with Gasteiger partial charge in [-0.3, -0.25) is 4.79 Å². The van der Waals surface area contributed by atoms with Crippen molar-refractivity contribution in [1.29, 1.82) is 0 Å². The van der Waals surface area contributed by atoms with Crippen molar-refractivity contribution in [2.24, 2.45) is 5.41 Å². The zero-order chi connectivity index (χ0) is 11.5. The summed E-state index contributed by atoms with van der Waals surface area (Å²) in [7, 11) is 1.56. The average Bonchev–Trinajstić information content (AvgIpc) is 2.14. The van der Waals surface area contributed by atoms with Crippen LogP contribution < -0.4 is 5.32 Å². The predicted octanol–water partition coefficient (Wildman–Crippen LogP) is 2.11. The van der Waals surface area contributed by atoms with Gasteiger partial charge in [-0.15, -0.1) is 0 Å². The molecule has 0 saturated heterocycles. The van der Waals surface area contributed by atoms with Crippen LogP contribution >= 0.6 is 0 Å². The number of methoxy groups -OCH3 is 1. The van der Waals surface area contributed by atoms with Crippen LogP contribution in [0.25, 0.3) is 0 Å². The van der Waals surface area contributed by atoms with Crippen molar-refractivity contribution in [1.82, 2.24) is 5.32 Å². The molecule has 1 rings (SSSR count). The predicted molar refractivity (Wildman–Crippen MR) is 60.7 cm³/mol. The molecule has 15 heavy (non-hydrogen) atoms. The highest BCUT2D eigenvalue weighted by atomic mass is 16.5. The lowest BCUT2D eigenvalue weighted by Crippen LogP contribution is -2.44. The first-order valence-corrected chi connectivity index (χ1v) is 5.78. The van der Waals surface area contributed by atoms with E-state index in [2.05, 4.69) is 19.2 Å². The number of amides is 1. The molecular formula is C12H23NO2. The third-order valence-electron chi connectivity index (χ3n) is 3.27. The Hall–Kier alpha value is -0.570. The van der Waals surface area contributed by atoms with Crippen molar-refractivity contribution in [3.63, 3.8) is 0 Å². The summed E-state index contributed by atoms with van der Waals surface area (Å²) >= 11 is 0. The van der Waals surface area contributed by atoms with Crippen LogP contribution in [0.5, 0.6) is 0 Å². The van der Waals surface area contributed by atoms with Crippen molar-refractivity contribution in [2.75, 3.05) is 7.11 Å². The number of carbonyl (C=O) groups excluding carboxylic acids is 1. The topological polar surface area (TPSA) is 38.3 Å². The Balaban J connectivity index is 2.41. The van der Waals surface area contributed by atoms with Gasteiger partial charge >= 0.3 is 0 Å². The maximum absolute atomic E-state index is 11.6. The molecule has 3 nitrogen and oxygen atoms in total. The molecule has 1 N–H and O–H groups in total. The summed E-state index contributed by atoms with van der Waals surface area (Å²) in [5.41, 5.74) is 0.368. The maximum Gasteiger partial charge on any atom is 0.249 e. The molecule has 0 spiro atoms. The molecule has 0 heterocycles. The molecule has 0 aromatic carbocycles. The van der Waals surface area contributed by atoms with Crippen molar-refractivity contribution in [3.8, 4) is 0 Å². The number of hydrogen-bond acceptors (Lipinski definition) is 2. The van der Waals surface area contributed by atoms with Gasteiger partial charge in [-0.05, 0) is 31.6 Å².